The molecule has 0 aromatic heterocycles. The first-order chi connectivity index (χ1) is 15.9. The van der Waals surface area contributed by atoms with Gasteiger partial charge in [-0.2, -0.15) is 0 Å². The van der Waals surface area contributed by atoms with Crippen LogP contribution in [-0.2, 0) is 33.3 Å². The van der Waals surface area contributed by atoms with Gasteiger partial charge in [-0.05, 0) is 31.1 Å². The summed E-state index contributed by atoms with van der Waals surface area (Å²) < 4.78 is 23.2. The molecule has 0 radical (unpaired) electrons. The van der Waals surface area contributed by atoms with Gasteiger partial charge in [0.15, 0.2) is 0 Å². The van der Waals surface area contributed by atoms with Gasteiger partial charge < -0.3 is 34.3 Å². The van der Waals surface area contributed by atoms with Crippen LogP contribution in [0.15, 0.2) is 0 Å². The number of esters is 3. The van der Waals surface area contributed by atoms with Crippen molar-refractivity contribution in [3.63, 3.8) is 0 Å². The van der Waals surface area contributed by atoms with Gasteiger partial charge in [-0.3, -0.25) is 14.4 Å². The number of aliphatic hydroxyl groups is 3. The monoisotopic (exact) mass is 484 g/mol. The molecule has 2 saturated carbocycles. The Hall–Kier alpha value is -1.75. The van der Waals surface area contributed by atoms with E-state index < -0.39 is 71.3 Å². The molecule has 2 aliphatic carbocycles. The summed E-state index contributed by atoms with van der Waals surface area (Å²) in [5, 5.41) is 30.6. The molecule has 2 aliphatic heterocycles. The summed E-state index contributed by atoms with van der Waals surface area (Å²) in [6, 6.07) is 0. The van der Waals surface area contributed by atoms with E-state index >= 15 is 0 Å². The lowest BCUT2D eigenvalue weighted by Crippen LogP contribution is -2.71. The molecule has 0 aromatic carbocycles. The van der Waals surface area contributed by atoms with E-state index in [0.29, 0.717) is 19.3 Å². The number of epoxide rings is 1. The average molecular weight is 485 g/mol. The molecule has 0 bridgehead atoms. The molecule has 0 amide bonds. The van der Waals surface area contributed by atoms with Gasteiger partial charge in [-0.25, -0.2) is 0 Å². The van der Waals surface area contributed by atoms with E-state index in [1.165, 1.54) is 13.8 Å². The van der Waals surface area contributed by atoms with Crippen LogP contribution in [-0.4, -0.2) is 83.1 Å². The summed E-state index contributed by atoms with van der Waals surface area (Å²) in [6.45, 7) is 6.26. The minimum atomic E-state index is -1.22. The number of aliphatic hydroxyl groups excluding tert-OH is 3. The van der Waals surface area contributed by atoms with E-state index in [4.69, 9.17) is 18.9 Å². The van der Waals surface area contributed by atoms with Crippen molar-refractivity contribution in [2.75, 3.05) is 19.8 Å². The lowest BCUT2D eigenvalue weighted by molar-refractivity contribution is -0.258. The van der Waals surface area contributed by atoms with Crippen LogP contribution in [0, 0.1) is 28.6 Å². The standard InChI is InChI=1S/C24H36O10/c1-12-7-20(33-14(3)27)23(10-31-13(2)26)17(5-6-18(29)24(23)11-32-24)22(12,4)19-8-15(16(28)9-25)21(30)34-19/h12,15-20,25,28-29H,5-11H2,1-4H3. The number of carbonyl (C=O) groups excluding carboxylic acids is 3. The molecule has 10 atom stereocenters. The van der Waals surface area contributed by atoms with E-state index in [9.17, 15) is 29.7 Å². The number of hydrogen-bond acceptors (Lipinski definition) is 10. The second kappa shape index (κ2) is 8.72. The summed E-state index contributed by atoms with van der Waals surface area (Å²) in [7, 11) is 0. The fourth-order valence-electron chi connectivity index (χ4n) is 7.31. The molecular weight excluding hydrogens is 448 g/mol. The Kier molecular flexibility index (Phi) is 6.50. The maximum Gasteiger partial charge on any atom is 0.312 e. The molecule has 10 unspecified atom stereocenters. The van der Waals surface area contributed by atoms with Gasteiger partial charge in [-0.1, -0.05) is 13.8 Å². The van der Waals surface area contributed by atoms with Crippen molar-refractivity contribution in [2.45, 2.75) is 83.4 Å². The summed E-state index contributed by atoms with van der Waals surface area (Å²) in [5.41, 5.74) is -2.74. The maximum atomic E-state index is 12.6. The number of carbonyl (C=O) groups is 3. The van der Waals surface area contributed by atoms with Gasteiger partial charge in [0.05, 0.1) is 36.8 Å². The number of rotatable bonds is 6. The Labute approximate surface area is 198 Å². The van der Waals surface area contributed by atoms with Crippen LogP contribution >= 0.6 is 0 Å². The van der Waals surface area contributed by atoms with E-state index in [0.717, 1.165) is 0 Å². The zero-order valence-electron chi connectivity index (χ0n) is 20.2. The molecule has 192 valence electrons. The van der Waals surface area contributed by atoms with Crippen LogP contribution < -0.4 is 0 Å². The molecule has 4 aliphatic rings. The van der Waals surface area contributed by atoms with Gasteiger partial charge in [0, 0.05) is 25.7 Å². The van der Waals surface area contributed by atoms with Crippen molar-refractivity contribution >= 4 is 17.9 Å². The normalized spacial score (nSPS) is 46.4. The van der Waals surface area contributed by atoms with Gasteiger partial charge >= 0.3 is 17.9 Å². The third-order valence-corrected chi connectivity index (χ3v) is 9.28. The van der Waals surface area contributed by atoms with Gasteiger partial charge in [0.25, 0.3) is 0 Å². The molecule has 4 fully saturated rings. The lowest BCUT2D eigenvalue weighted by Gasteiger charge is -2.64. The highest BCUT2D eigenvalue weighted by molar-refractivity contribution is 5.75. The number of fused-ring (bicyclic) bond motifs is 2. The molecule has 0 aromatic rings. The first-order valence-electron chi connectivity index (χ1n) is 12.1. The highest BCUT2D eigenvalue weighted by Crippen LogP contribution is 2.69. The Morgan fingerprint density at radius 2 is 1.88 bits per heavy atom. The minimum absolute atomic E-state index is 0.0823. The van der Waals surface area contributed by atoms with Crippen LogP contribution in [0.2, 0.25) is 0 Å². The van der Waals surface area contributed by atoms with E-state index in [2.05, 4.69) is 0 Å². The van der Waals surface area contributed by atoms with Crippen molar-refractivity contribution in [1.82, 2.24) is 0 Å². The quantitative estimate of drug-likeness (QED) is 0.273. The zero-order chi connectivity index (χ0) is 25.1. The van der Waals surface area contributed by atoms with Crippen LogP contribution in [0.3, 0.4) is 0 Å². The van der Waals surface area contributed by atoms with Crippen LogP contribution in [0.25, 0.3) is 0 Å². The first kappa shape index (κ1) is 25.3. The van der Waals surface area contributed by atoms with Crippen molar-refractivity contribution < 1.29 is 48.7 Å². The molecule has 2 saturated heterocycles. The van der Waals surface area contributed by atoms with Crippen LogP contribution in [0.5, 0.6) is 0 Å². The lowest BCUT2D eigenvalue weighted by atomic mass is 9.42. The fourth-order valence-corrected chi connectivity index (χ4v) is 7.31. The third kappa shape index (κ3) is 3.56. The van der Waals surface area contributed by atoms with E-state index in [1.54, 1.807) is 0 Å². The van der Waals surface area contributed by atoms with Crippen molar-refractivity contribution in [1.29, 1.82) is 0 Å². The third-order valence-electron chi connectivity index (χ3n) is 9.28. The Morgan fingerprint density at radius 1 is 1.21 bits per heavy atom. The fraction of sp³-hybridized carbons (Fsp3) is 0.875. The van der Waals surface area contributed by atoms with Gasteiger partial charge in [-0.15, -0.1) is 0 Å². The molecule has 34 heavy (non-hydrogen) atoms. The number of cyclic esters (lactones) is 1. The van der Waals surface area contributed by atoms with E-state index in [1.807, 2.05) is 13.8 Å². The van der Waals surface area contributed by atoms with Gasteiger partial charge in [0.1, 0.15) is 24.4 Å². The molecular formula is C24H36O10. The highest BCUT2D eigenvalue weighted by Gasteiger charge is 2.79. The first-order valence-corrected chi connectivity index (χ1v) is 12.1. The molecule has 2 heterocycles. The zero-order valence-corrected chi connectivity index (χ0v) is 20.2. The average Bonchev–Trinajstić information content (AvgIpc) is 3.48. The van der Waals surface area contributed by atoms with Crippen LogP contribution in [0.4, 0.5) is 0 Å². The second-order valence-corrected chi connectivity index (χ2v) is 10.8. The maximum absolute atomic E-state index is 12.6. The summed E-state index contributed by atoms with van der Waals surface area (Å²) in [6.07, 6.45) is -1.71. The molecule has 3 N–H and O–H groups in total. The van der Waals surface area contributed by atoms with Crippen LogP contribution in [0.1, 0.15) is 53.4 Å². The Balaban J connectivity index is 1.81. The topological polar surface area (TPSA) is 152 Å². The number of ether oxygens (including phenoxy) is 4. The molecule has 4 rings (SSSR count). The SMILES string of the molecule is CC(=O)OCC12C(OC(C)=O)CC(C)C(C)(C3CC(C(O)CO)C(=O)O3)C1CCC(O)C21CO1. The predicted molar refractivity (Wildman–Crippen MR) is 115 cm³/mol. The van der Waals surface area contributed by atoms with Gasteiger partial charge in [0.2, 0.25) is 0 Å². The van der Waals surface area contributed by atoms with Crippen molar-refractivity contribution in [3.05, 3.63) is 0 Å². The molecule has 10 nitrogen and oxygen atoms in total. The summed E-state index contributed by atoms with van der Waals surface area (Å²) >= 11 is 0. The van der Waals surface area contributed by atoms with Crippen molar-refractivity contribution in [3.8, 4) is 0 Å². The second-order valence-electron chi connectivity index (χ2n) is 10.8. The smallest absolute Gasteiger partial charge is 0.312 e. The number of hydrogen-bond donors (Lipinski definition) is 3. The molecule has 1 spiro atoms. The predicted octanol–water partition coefficient (Wildman–Crippen LogP) is 0.339. The Bertz CT molecular complexity index is 840. The van der Waals surface area contributed by atoms with E-state index in [-0.39, 0.29) is 31.5 Å². The molecule has 10 heteroatoms. The van der Waals surface area contributed by atoms with Crippen molar-refractivity contribution in [2.24, 2.45) is 28.6 Å². The largest absolute Gasteiger partial charge is 0.465 e. The summed E-state index contributed by atoms with van der Waals surface area (Å²) in [5.74, 6) is -2.74. The highest BCUT2D eigenvalue weighted by atomic mass is 16.6. The minimum Gasteiger partial charge on any atom is -0.465 e. The summed E-state index contributed by atoms with van der Waals surface area (Å²) in [4.78, 5) is 36.7. The Morgan fingerprint density at radius 3 is 2.44 bits per heavy atom.